The van der Waals surface area contributed by atoms with Crippen LogP contribution in [0.2, 0.25) is 5.02 Å². The average molecular weight is 304 g/mol. The van der Waals surface area contributed by atoms with Gasteiger partial charge >= 0.3 is 0 Å². The molecule has 0 aliphatic rings. The van der Waals surface area contributed by atoms with Crippen molar-refractivity contribution in [2.45, 2.75) is 25.8 Å². The van der Waals surface area contributed by atoms with Gasteiger partial charge in [0.15, 0.2) is 0 Å². The van der Waals surface area contributed by atoms with Crippen molar-refractivity contribution < 1.29 is 4.74 Å². The van der Waals surface area contributed by atoms with Gasteiger partial charge in [0.2, 0.25) is 0 Å². The summed E-state index contributed by atoms with van der Waals surface area (Å²) >= 11 is 5.94. The van der Waals surface area contributed by atoms with Crippen molar-refractivity contribution in [1.29, 1.82) is 0 Å². The standard InChI is InChI=1S/C18H22ClNO/c1-3-17(14-8-10-16(19)11-9-14)20-13-12-15-6-4-5-7-18(15)21-2/h4-11,17,20H,3,12-13H2,1-2H3. The van der Waals surface area contributed by atoms with Gasteiger partial charge in [-0.3, -0.25) is 0 Å². The Morgan fingerprint density at radius 3 is 2.48 bits per heavy atom. The van der Waals surface area contributed by atoms with Crippen LogP contribution in [0.15, 0.2) is 48.5 Å². The van der Waals surface area contributed by atoms with Crippen LogP contribution in [0, 0.1) is 0 Å². The normalized spacial score (nSPS) is 12.1. The van der Waals surface area contributed by atoms with Gasteiger partial charge in [0, 0.05) is 11.1 Å². The van der Waals surface area contributed by atoms with E-state index in [-0.39, 0.29) is 0 Å². The predicted molar refractivity (Wildman–Crippen MR) is 89.2 cm³/mol. The average Bonchev–Trinajstić information content (AvgIpc) is 2.53. The molecule has 0 aliphatic heterocycles. The summed E-state index contributed by atoms with van der Waals surface area (Å²) in [6.07, 6.45) is 2.00. The van der Waals surface area contributed by atoms with Gasteiger partial charge < -0.3 is 10.1 Å². The highest BCUT2D eigenvalue weighted by atomic mass is 35.5. The molecule has 1 unspecified atom stereocenters. The van der Waals surface area contributed by atoms with Crippen LogP contribution < -0.4 is 10.1 Å². The maximum atomic E-state index is 5.94. The van der Waals surface area contributed by atoms with Crippen molar-refractivity contribution in [3.8, 4) is 5.75 Å². The van der Waals surface area contributed by atoms with E-state index >= 15 is 0 Å². The predicted octanol–water partition coefficient (Wildman–Crippen LogP) is 4.63. The van der Waals surface area contributed by atoms with Gasteiger partial charge in [0.05, 0.1) is 7.11 Å². The maximum Gasteiger partial charge on any atom is 0.122 e. The smallest absolute Gasteiger partial charge is 0.122 e. The second-order valence-corrected chi connectivity index (χ2v) is 5.46. The molecule has 3 heteroatoms. The van der Waals surface area contributed by atoms with Crippen molar-refractivity contribution in [2.24, 2.45) is 0 Å². The summed E-state index contributed by atoms with van der Waals surface area (Å²) in [5.74, 6) is 0.957. The molecule has 0 amide bonds. The molecule has 2 nitrogen and oxygen atoms in total. The third-order valence-electron chi connectivity index (χ3n) is 3.66. The summed E-state index contributed by atoms with van der Waals surface area (Å²) in [5, 5.41) is 4.39. The van der Waals surface area contributed by atoms with Gasteiger partial charge in [-0.2, -0.15) is 0 Å². The lowest BCUT2D eigenvalue weighted by atomic mass is 10.0. The highest BCUT2D eigenvalue weighted by Gasteiger charge is 2.09. The number of benzene rings is 2. The zero-order valence-corrected chi connectivity index (χ0v) is 13.4. The minimum absolute atomic E-state index is 0.358. The number of ether oxygens (including phenoxy) is 1. The van der Waals surface area contributed by atoms with Crippen LogP contribution in [-0.4, -0.2) is 13.7 Å². The van der Waals surface area contributed by atoms with E-state index in [1.54, 1.807) is 7.11 Å². The van der Waals surface area contributed by atoms with Crippen LogP contribution in [0.1, 0.15) is 30.5 Å². The molecule has 0 heterocycles. The second-order valence-electron chi connectivity index (χ2n) is 5.03. The molecule has 1 atom stereocenters. The first-order valence-corrected chi connectivity index (χ1v) is 7.73. The fraction of sp³-hybridized carbons (Fsp3) is 0.333. The molecule has 0 saturated heterocycles. The Morgan fingerprint density at radius 2 is 1.81 bits per heavy atom. The van der Waals surface area contributed by atoms with Crippen LogP contribution in [-0.2, 0) is 6.42 Å². The molecule has 2 aromatic carbocycles. The van der Waals surface area contributed by atoms with E-state index in [2.05, 4.69) is 30.4 Å². The van der Waals surface area contributed by atoms with E-state index in [1.165, 1.54) is 11.1 Å². The minimum atomic E-state index is 0.358. The molecule has 112 valence electrons. The van der Waals surface area contributed by atoms with Gasteiger partial charge in [-0.25, -0.2) is 0 Å². The highest BCUT2D eigenvalue weighted by molar-refractivity contribution is 6.30. The highest BCUT2D eigenvalue weighted by Crippen LogP contribution is 2.20. The quantitative estimate of drug-likeness (QED) is 0.805. The van der Waals surface area contributed by atoms with Crippen LogP contribution in [0.4, 0.5) is 0 Å². The number of halogens is 1. The van der Waals surface area contributed by atoms with Crippen LogP contribution in [0.3, 0.4) is 0 Å². The zero-order valence-electron chi connectivity index (χ0n) is 12.6. The Bertz CT molecular complexity index is 553. The van der Waals surface area contributed by atoms with Gasteiger partial charge in [0.25, 0.3) is 0 Å². The number of nitrogens with one attached hydrogen (secondary N) is 1. The van der Waals surface area contributed by atoms with Crippen molar-refractivity contribution in [3.05, 3.63) is 64.7 Å². The number of hydrogen-bond donors (Lipinski definition) is 1. The molecule has 0 bridgehead atoms. The van der Waals surface area contributed by atoms with E-state index in [0.29, 0.717) is 6.04 Å². The topological polar surface area (TPSA) is 21.3 Å². The summed E-state index contributed by atoms with van der Waals surface area (Å²) < 4.78 is 5.38. The first-order chi connectivity index (χ1) is 10.2. The van der Waals surface area contributed by atoms with E-state index in [4.69, 9.17) is 16.3 Å². The van der Waals surface area contributed by atoms with Gasteiger partial charge in [-0.1, -0.05) is 48.9 Å². The molecular weight excluding hydrogens is 282 g/mol. The van der Waals surface area contributed by atoms with Gasteiger partial charge in [-0.05, 0) is 48.7 Å². The molecule has 0 spiro atoms. The molecule has 2 aromatic rings. The third-order valence-corrected chi connectivity index (χ3v) is 3.91. The van der Waals surface area contributed by atoms with Crippen molar-refractivity contribution in [1.82, 2.24) is 5.32 Å². The molecule has 2 rings (SSSR count). The van der Waals surface area contributed by atoms with Crippen molar-refractivity contribution in [3.63, 3.8) is 0 Å². The Labute approximate surface area is 132 Å². The van der Waals surface area contributed by atoms with Crippen LogP contribution in [0.25, 0.3) is 0 Å². The molecule has 0 aromatic heterocycles. The number of para-hydroxylation sites is 1. The van der Waals surface area contributed by atoms with E-state index in [1.807, 2.05) is 30.3 Å². The van der Waals surface area contributed by atoms with Crippen molar-refractivity contribution >= 4 is 11.6 Å². The summed E-state index contributed by atoms with van der Waals surface area (Å²) in [6, 6.07) is 16.6. The molecule has 0 radical (unpaired) electrons. The van der Waals surface area contributed by atoms with E-state index in [9.17, 15) is 0 Å². The fourth-order valence-electron chi connectivity index (χ4n) is 2.48. The van der Waals surface area contributed by atoms with E-state index in [0.717, 1.165) is 30.2 Å². The van der Waals surface area contributed by atoms with Crippen molar-refractivity contribution in [2.75, 3.05) is 13.7 Å². The number of hydrogen-bond acceptors (Lipinski definition) is 2. The minimum Gasteiger partial charge on any atom is -0.496 e. The first kappa shape index (κ1) is 15.9. The first-order valence-electron chi connectivity index (χ1n) is 7.35. The molecule has 0 aliphatic carbocycles. The number of rotatable bonds is 7. The molecular formula is C18H22ClNO. The third kappa shape index (κ3) is 4.48. The summed E-state index contributed by atoms with van der Waals surface area (Å²) in [5.41, 5.74) is 2.51. The Hall–Kier alpha value is -1.51. The summed E-state index contributed by atoms with van der Waals surface area (Å²) in [7, 11) is 1.72. The van der Waals surface area contributed by atoms with Gasteiger partial charge in [-0.15, -0.1) is 0 Å². The van der Waals surface area contributed by atoms with E-state index < -0.39 is 0 Å². The lowest BCUT2D eigenvalue weighted by Gasteiger charge is -2.18. The fourth-order valence-corrected chi connectivity index (χ4v) is 2.61. The maximum absolute atomic E-state index is 5.94. The van der Waals surface area contributed by atoms with Crippen LogP contribution in [0.5, 0.6) is 5.75 Å². The Balaban J connectivity index is 1.93. The Morgan fingerprint density at radius 1 is 1.10 bits per heavy atom. The molecule has 0 saturated carbocycles. The Kier molecular flexibility index (Phi) is 6.09. The number of methoxy groups -OCH3 is 1. The summed E-state index contributed by atoms with van der Waals surface area (Å²) in [4.78, 5) is 0. The largest absolute Gasteiger partial charge is 0.496 e. The molecule has 0 fully saturated rings. The SMILES string of the molecule is CCC(NCCc1ccccc1OC)c1ccc(Cl)cc1. The molecule has 1 N–H and O–H groups in total. The van der Waals surface area contributed by atoms with Crippen LogP contribution >= 0.6 is 11.6 Å². The molecule has 21 heavy (non-hydrogen) atoms. The lowest BCUT2D eigenvalue weighted by Crippen LogP contribution is -2.23. The zero-order chi connectivity index (χ0) is 15.1. The van der Waals surface area contributed by atoms with Gasteiger partial charge in [0.1, 0.15) is 5.75 Å². The second kappa shape index (κ2) is 8.06. The lowest BCUT2D eigenvalue weighted by molar-refractivity contribution is 0.408. The summed E-state index contributed by atoms with van der Waals surface area (Å²) in [6.45, 7) is 3.11. The monoisotopic (exact) mass is 303 g/mol.